The molecule has 0 aliphatic rings. The minimum atomic E-state index is -1.33. The van der Waals surface area contributed by atoms with Crippen molar-refractivity contribution in [3.8, 4) is 0 Å². The van der Waals surface area contributed by atoms with E-state index >= 15 is 0 Å². The van der Waals surface area contributed by atoms with E-state index in [0.29, 0.717) is 11.3 Å². The van der Waals surface area contributed by atoms with Crippen molar-refractivity contribution in [3.05, 3.63) is 35.6 Å². The van der Waals surface area contributed by atoms with Gasteiger partial charge in [0.15, 0.2) is 0 Å². The fourth-order valence-electron chi connectivity index (χ4n) is 1.37. The molecule has 0 aliphatic heterocycles. The Bertz CT molecular complexity index is 438. The van der Waals surface area contributed by atoms with Crippen molar-refractivity contribution in [2.75, 3.05) is 0 Å². The molecule has 18 heavy (non-hydrogen) atoms. The quantitative estimate of drug-likeness (QED) is 0.608. The molecule has 0 bridgehead atoms. The van der Waals surface area contributed by atoms with E-state index in [-0.39, 0.29) is 11.7 Å². The smallest absolute Gasteiger partial charge is 0.144 e. The molecule has 0 aromatic heterocycles. The van der Waals surface area contributed by atoms with Gasteiger partial charge in [0.05, 0.1) is 0 Å². The van der Waals surface area contributed by atoms with Crippen LogP contribution in [0.25, 0.3) is 0 Å². The van der Waals surface area contributed by atoms with E-state index in [1.807, 2.05) is 34.6 Å². The Morgan fingerprint density at radius 3 is 2.39 bits per heavy atom. The van der Waals surface area contributed by atoms with E-state index in [1.165, 1.54) is 12.1 Å². The fraction of sp³-hybridized carbons (Fsp3) is 0.500. The van der Waals surface area contributed by atoms with Gasteiger partial charge in [-0.25, -0.2) is 4.39 Å². The van der Waals surface area contributed by atoms with Gasteiger partial charge in [0, 0.05) is 11.5 Å². The predicted octanol–water partition coefficient (Wildman–Crippen LogP) is 3.73. The van der Waals surface area contributed by atoms with Crippen molar-refractivity contribution < 1.29 is 8.94 Å². The summed E-state index contributed by atoms with van der Waals surface area (Å²) in [5, 5.41) is 0. The van der Waals surface area contributed by atoms with Crippen molar-refractivity contribution in [1.29, 1.82) is 0 Å². The van der Waals surface area contributed by atoms with Gasteiger partial charge in [-0.05, 0) is 32.9 Å². The Morgan fingerprint density at radius 2 is 1.94 bits per heavy atom. The summed E-state index contributed by atoms with van der Waals surface area (Å²) in [6.45, 7) is 9.54. The first-order valence-electron chi connectivity index (χ1n) is 5.98. The van der Waals surface area contributed by atoms with Crippen LogP contribution < -0.4 is 0 Å². The lowest BCUT2D eigenvalue weighted by atomic mass is 10.0. The molecule has 0 aliphatic carbocycles. The maximum Gasteiger partial charge on any atom is 0.144 e. The monoisotopic (exact) mass is 269 g/mol. The van der Waals surface area contributed by atoms with Crippen LogP contribution in [0, 0.1) is 11.7 Å². The summed E-state index contributed by atoms with van der Waals surface area (Å²) in [6, 6.07) is 6.26. The van der Waals surface area contributed by atoms with Crippen molar-refractivity contribution in [2.24, 2.45) is 10.3 Å². The third kappa shape index (κ3) is 4.10. The number of hydrogen-bond donors (Lipinski definition) is 0. The van der Waals surface area contributed by atoms with E-state index in [1.54, 1.807) is 12.1 Å². The van der Waals surface area contributed by atoms with E-state index in [9.17, 15) is 8.94 Å². The Kier molecular flexibility index (Phi) is 4.93. The van der Waals surface area contributed by atoms with Crippen LogP contribution in [0.15, 0.2) is 28.7 Å². The van der Waals surface area contributed by atoms with Gasteiger partial charge in [-0.1, -0.05) is 30.4 Å². The molecule has 0 heterocycles. The first kappa shape index (κ1) is 15.2. The molecular weight excluding hydrogens is 249 g/mol. The van der Waals surface area contributed by atoms with E-state index in [2.05, 4.69) is 4.40 Å². The maximum absolute atomic E-state index is 13.2. The highest BCUT2D eigenvalue weighted by atomic mass is 32.2. The van der Waals surface area contributed by atoms with Gasteiger partial charge in [-0.2, -0.15) is 0 Å². The van der Waals surface area contributed by atoms with E-state index in [0.717, 1.165) is 0 Å². The van der Waals surface area contributed by atoms with Crippen LogP contribution >= 0.6 is 0 Å². The molecule has 0 amide bonds. The number of benzene rings is 1. The third-order valence-corrected chi connectivity index (χ3v) is 3.78. The summed E-state index contributed by atoms with van der Waals surface area (Å²) in [4.78, 5) is 0. The fourth-order valence-corrected chi connectivity index (χ4v) is 2.13. The topological polar surface area (TPSA) is 35.4 Å². The van der Waals surface area contributed by atoms with Crippen LogP contribution in [-0.4, -0.2) is 15.0 Å². The molecule has 0 fully saturated rings. The van der Waals surface area contributed by atoms with Gasteiger partial charge in [0.1, 0.15) is 27.6 Å². The van der Waals surface area contributed by atoms with Gasteiger partial charge in [0.2, 0.25) is 0 Å². The molecule has 100 valence electrons. The van der Waals surface area contributed by atoms with Crippen LogP contribution in [-0.2, 0) is 11.4 Å². The summed E-state index contributed by atoms with van der Waals surface area (Å²) in [5.41, 5.74) is 1.38. The first-order valence-corrected chi connectivity index (χ1v) is 7.09. The van der Waals surface area contributed by atoms with Crippen molar-refractivity contribution in [1.82, 2.24) is 0 Å². The lowest BCUT2D eigenvalue weighted by Gasteiger charge is -2.20. The number of nitrogens with zero attached hydrogens (tertiary/aromatic N) is 1. The SMILES string of the molecule is CC(C)C(=N[S+]([O-])C(C)(C)C)c1cccc(F)c1. The second kappa shape index (κ2) is 5.85. The summed E-state index contributed by atoms with van der Waals surface area (Å²) in [7, 11) is 0. The van der Waals surface area contributed by atoms with Gasteiger partial charge < -0.3 is 4.55 Å². The molecule has 1 aromatic rings. The largest absolute Gasteiger partial charge is 0.591 e. The summed E-state index contributed by atoms with van der Waals surface area (Å²) in [6.07, 6.45) is 0. The second-order valence-electron chi connectivity index (χ2n) is 5.50. The van der Waals surface area contributed by atoms with Crippen LogP contribution in [0.1, 0.15) is 40.2 Å². The number of hydrogen-bond acceptors (Lipinski definition) is 2. The van der Waals surface area contributed by atoms with Gasteiger partial charge in [-0.3, -0.25) is 0 Å². The lowest BCUT2D eigenvalue weighted by molar-refractivity contribution is 0.561. The van der Waals surface area contributed by atoms with Gasteiger partial charge in [0.25, 0.3) is 0 Å². The maximum atomic E-state index is 13.2. The molecule has 0 radical (unpaired) electrons. The molecule has 0 N–H and O–H groups in total. The highest BCUT2D eigenvalue weighted by Gasteiger charge is 2.28. The highest BCUT2D eigenvalue weighted by Crippen LogP contribution is 2.20. The van der Waals surface area contributed by atoms with E-state index < -0.39 is 16.1 Å². The number of halogens is 1. The third-order valence-electron chi connectivity index (χ3n) is 2.37. The molecule has 1 unspecified atom stereocenters. The Balaban J connectivity index is 3.15. The second-order valence-corrected chi connectivity index (χ2v) is 7.41. The van der Waals surface area contributed by atoms with Crippen molar-refractivity contribution in [3.63, 3.8) is 0 Å². The van der Waals surface area contributed by atoms with Gasteiger partial charge >= 0.3 is 0 Å². The summed E-state index contributed by atoms with van der Waals surface area (Å²) < 4.78 is 29.2. The molecular formula is C14H20FNOS. The Morgan fingerprint density at radius 1 is 1.33 bits per heavy atom. The zero-order chi connectivity index (χ0) is 13.9. The average Bonchev–Trinajstić information content (AvgIpc) is 2.23. The molecule has 2 nitrogen and oxygen atoms in total. The molecule has 0 saturated carbocycles. The zero-order valence-corrected chi connectivity index (χ0v) is 12.3. The lowest BCUT2D eigenvalue weighted by Crippen LogP contribution is -2.28. The molecule has 0 spiro atoms. The van der Waals surface area contributed by atoms with E-state index in [4.69, 9.17) is 0 Å². The highest BCUT2D eigenvalue weighted by molar-refractivity contribution is 7.91. The zero-order valence-electron chi connectivity index (χ0n) is 11.5. The molecule has 1 rings (SSSR count). The predicted molar refractivity (Wildman–Crippen MR) is 75.7 cm³/mol. The van der Waals surface area contributed by atoms with Gasteiger partial charge in [-0.15, -0.1) is 0 Å². The van der Waals surface area contributed by atoms with Crippen LogP contribution in [0.2, 0.25) is 0 Å². The van der Waals surface area contributed by atoms with Crippen molar-refractivity contribution in [2.45, 2.75) is 39.4 Å². The van der Waals surface area contributed by atoms with Crippen LogP contribution in [0.3, 0.4) is 0 Å². The van der Waals surface area contributed by atoms with Crippen LogP contribution in [0.4, 0.5) is 4.39 Å². The normalized spacial score (nSPS) is 15.0. The van der Waals surface area contributed by atoms with Crippen LogP contribution in [0.5, 0.6) is 0 Å². The Hall–Kier alpha value is -0.870. The average molecular weight is 269 g/mol. The first-order chi connectivity index (χ1) is 8.21. The summed E-state index contributed by atoms with van der Waals surface area (Å²) >= 11 is -1.33. The molecule has 0 saturated heterocycles. The standard InChI is InChI=1S/C14H20FNOS/c1-10(2)13(16-18(17)14(3,4)5)11-7-6-8-12(15)9-11/h6-10H,1-5H3. The minimum absolute atomic E-state index is 0.0955. The molecule has 1 aromatic carbocycles. The minimum Gasteiger partial charge on any atom is -0.591 e. The molecule has 1 atom stereocenters. The summed E-state index contributed by atoms with van der Waals surface area (Å²) in [5.74, 6) is -0.208. The Labute approximate surface area is 112 Å². The number of rotatable bonds is 3. The van der Waals surface area contributed by atoms with Crippen molar-refractivity contribution >= 4 is 17.1 Å². The molecule has 4 heteroatoms.